The molecule has 0 bridgehead atoms. The van der Waals surface area contributed by atoms with E-state index in [2.05, 4.69) is 31.2 Å². The molecule has 1 aliphatic carbocycles. The number of nitrogens with zero attached hydrogens (tertiary/aromatic N) is 1. The predicted octanol–water partition coefficient (Wildman–Crippen LogP) is 4.02. The minimum atomic E-state index is 0.287. The minimum absolute atomic E-state index is 0.287. The lowest BCUT2D eigenvalue weighted by Gasteiger charge is -2.31. The molecule has 0 atom stereocenters. The van der Waals surface area contributed by atoms with Crippen LogP contribution in [0.25, 0.3) is 0 Å². The highest BCUT2D eigenvalue weighted by atomic mass is 32.2. The maximum absolute atomic E-state index is 12.2. The Balaban J connectivity index is 1.74. The molecule has 0 unspecified atom stereocenters. The Kier molecular flexibility index (Phi) is 5.96. The van der Waals surface area contributed by atoms with E-state index in [9.17, 15) is 4.79 Å². The molecule has 0 N–H and O–H groups in total. The second kappa shape index (κ2) is 7.72. The summed E-state index contributed by atoms with van der Waals surface area (Å²) < 4.78 is 0. The van der Waals surface area contributed by atoms with Gasteiger partial charge in [-0.25, -0.2) is 0 Å². The Labute approximate surface area is 126 Å². The number of carbonyl (C=O) groups is 1. The second-order valence-corrected chi connectivity index (χ2v) is 6.76. The molecule has 0 spiro atoms. The van der Waals surface area contributed by atoms with Crippen molar-refractivity contribution in [2.24, 2.45) is 0 Å². The molecule has 0 radical (unpaired) electrons. The first kappa shape index (κ1) is 15.4. The van der Waals surface area contributed by atoms with Crippen LogP contribution in [-0.4, -0.2) is 29.6 Å². The highest BCUT2D eigenvalue weighted by Gasteiger charge is 2.21. The fourth-order valence-electron chi connectivity index (χ4n) is 2.83. The Morgan fingerprint density at radius 1 is 1.30 bits per heavy atom. The predicted molar refractivity (Wildman–Crippen MR) is 87.0 cm³/mol. The molecule has 1 fully saturated rings. The van der Waals surface area contributed by atoms with E-state index >= 15 is 0 Å². The molecule has 0 heterocycles. The van der Waals surface area contributed by atoms with Gasteiger partial charge >= 0.3 is 0 Å². The van der Waals surface area contributed by atoms with Crippen LogP contribution in [0.3, 0.4) is 0 Å². The number of hydrogen-bond donors (Lipinski definition) is 0. The average Bonchev–Trinajstić information content (AvgIpc) is 2.47. The fraction of sp³-hybridized carbons (Fsp3) is 0.588. The Morgan fingerprint density at radius 3 is 2.75 bits per heavy atom. The molecule has 2 rings (SSSR count). The number of aryl methyl sites for hydroxylation is 1. The van der Waals surface area contributed by atoms with Crippen molar-refractivity contribution in [2.75, 3.05) is 12.8 Å². The van der Waals surface area contributed by atoms with Gasteiger partial charge in [-0.05, 0) is 25.3 Å². The highest BCUT2D eigenvalue weighted by molar-refractivity contribution is 7.99. The van der Waals surface area contributed by atoms with Gasteiger partial charge in [0, 0.05) is 18.8 Å². The van der Waals surface area contributed by atoms with Crippen LogP contribution >= 0.6 is 11.8 Å². The van der Waals surface area contributed by atoms with E-state index in [1.54, 1.807) is 11.8 Å². The zero-order chi connectivity index (χ0) is 14.4. The van der Waals surface area contributed by atoms with E-state index in [4.69, 9.17) is 0 Å². The summed E-state index contributed by atoms with van der Waals surface area (Å²) >= 11 is 1.72. The summed E-state index contributed by atoms with van der Waals surface area (Å²) in [5.74, 6) is 1.81. The van der Waals surface area contributed by atoms with Gasteiger partial charge in [-0.1, -0.05) is 49.1 Å². The lowest BCUT2D eigenvalue weighted by molar-refractivity contribution is -0.129. The van der Waals surface area contributed by atoms with Gasteiger partial charge in [0.25, 0.3) is 0 Å². The SMILES string of the molecule is Cc1cccc(CSCC(=O)N(C)C2CCCCC2)c1. The standard InChI is InChI=1S/C17H25NOS/c1-14-7-6-8-15(11-14)12-20-13-17(19)18(2)16-9-4-3-5-10-16/h6-8,11,16H,3-5,9-10,12-13H2,1-2H3. The maximum atomic E-state index is 12.2. The van der Waals surface area contributed by atoms with Crippen molar-refractivity contribution in [3.63, 3.8) is 0 Å². The summed E-state index contributed by atoms with van der Waals surface area (Å²) in [6, 6.07) is 9.01. The lowest BCUT2D eigenvalue weighted by atomic mass is 9.94. The molecule has 1 aliphatic rings. The van der Waals surface area contributed by atoms with E-state index in [-0.39, 0.29) is 5.91 Å². The van der Waals surface area contributed by atoms with Gasteiger partial charge in [-0.15, -0.1) is 11.8 Å². The molecule has 20 heavy (non-hydrogen) atoms. The van der Waals surface area contributed by atoms with Gasteiger partial charge in [0.2, 0.25) is 5.91 Å². The van der Waals surface area contributed by atoms with Gasteiger partial charge in [-0.2, -0.15) is 0 Å². The van der Waals surface area contributed by atoms with Crippen LogP contribution in [0.1, 0.15) is 43.2 Å². The molecule has 1 amide bonds. The van der Waals surface area contributed by atoms with Gasteiger partial charge in [0.15, 0.2) is 0 Å². The first-order chi connectivity index (χ1) is 9.66. The highest BCUT2D eigenvalue weighted by Crippen LogP contribution is 2.22. The van der Waals surface area contributed by atoms with Crippen molar-refractivity contribution in [1.82, 2.24) is 4.90 Å². The number of hydrogen-bond acceptors (Lipinski definition) is 2. The van der Waals surface area contributed by atoms with E-state index in [0.29, 0.717) is 11.8 Å². The lowest BCUT2D eigenvalue weighted by Crippen LogP contribution is -2.39. The summed E-state index contributed by atoms with van der Waals surface area (Å²) in [6.07, 6.45) is 6.26. The summed E-state index contributed by atoms with van der Waals surface area (Å²) in [6.45, 7) is 2.11. The minimum Gasteiger partial charge on any atom is -0.342 e. The van der Waals surface area contributed by atoms with Crippen LogP contribution in [0, 0.1) is 6.92 Å². The third-order valence-corrected chi connectivity index (χ3v) is 5.08. The second-order valence-electron chi connectivity index (χ2n) is 5.78. The third-order valence-electron chi connectivity index (χ3n) is 4.09. The molecule has 1 aromatic carbocycles. The normalized spacial score (nSPS) is 16.1. The molecule has 110 valence electrons. The van der Waals surface area contributed by atoms with Crippen LogP contribution in [-0.2, 0) is 10.5 Å². The van der Waals surface area contributed by atoms with Crippen molar-refractivity contribution in [1.29, 1.82) is 0 Å². The first-order valence-electron chi connectivity index (χ1n) is 7.56. The van der Waals surface area contributed by atoms with E-state index < -0.39 is 0 Å². The van der Waals surface area contributed by atoms with Gasteiger partial charge in [0.05, 0.1) is 5.75 Å². The fourth-order valence-corrected chi connectivity index (χ4v) is 3.73. The molecular formula is C17H25NOS. The van der Waals surface area contributed by atoms with E-state index in [1.807, 2.05) is 11.9 Å². The van der Waals surface area contributed by atoms with Crippen molar-refractivity contribution >= 4 is 17.7 Å². The van der Waals surface area contributed by atoms with Crippen molar-refractivity contribution < 1.29 is 4.79 Å². The van der Waals surface area contributed by atoms with Crippen LogP contribution in [0.5, 0.6) is 0 Å². The molecule has 0 aliphatic heterocycles. The van der Waals surface area contributed by atoms with E-state index in [1.165, 1.54) is 43.2 Å². The zero-order valence-corrected chi connectivity index (χ0v) is 13.4. The van der Waals surface area contributed by atoms with Crippen molar-refractivity contribution in [2.45, 2.75) is 50.8 Å². The Hall–Kier alpha value is -0.960. The molecule has 2 nitrogen and oxygen atoms in total. The summed E-state index contributed by atoms with van der Waals surface area (Å²) in [4.78, 5) is 14.2. The maximum Gasteiger partial charge on any atom is 0.232 e. The van der Waals surface area contributed by atoms with Crippen LogP contribution in [0.4, 0.5) is 0 Å². The number of carbonyl (C=O) groups excluding carboxylic acids is 1. The molecule has 1 aromatic rings. The number of benzene rings is 1. The first-order valence-corrected chi connectivity index (χ1v) is 8.71. The molecule has 0 saturated heterocycles. The zero-order valence-electron chi connectivity index (χ0n) is 12.6. The smallest absolute Gasteiger partial charge is 0.232 e. The summed E-state index contributed by atoms with van der Waals surface area (Å²) in [5.41, 5.74) is 2.59. The monoisotopic (exact) mass is 291 g/mol. The average molecular weight is 291 g/mol. The van der Waals surface area contributed by atoms with Gasteiger partial charge in [0.1, 0.15) is 0 Å². The van der Waals surface area contributed by atoms with E-state index in [0.717, 1.165) is 5.75 Å². The van der Waals surface area contributed by atoms with Crippen LogP contribution in [0.2, 0.25) is 0 Å². The molecular weight excluding hydrogens is 266 g/mol. The van der Waals surface area contributed by atoms with Crippen molar-refractivity contribution in [3.8, 4) is 0 Å². The van der Waals surface area contributed by atoms with Crippen LogP contribution in [0.15, 0.2) is 24.3 Å². The van der Waals surface area contributed by atoms with Crippen molar-refractivity contribution in [3.05, 3.63) is 35.4 Å². The Morgan fingerprint density at radius 2 is 2.05 bits per heavy atom. The third kappa shape index (κ3) is 4.55. The molecule has 1 saturated carbocycles. The van der Waals surface area contributed by atoms with Gasteiger partial charge in [-0.3, -0.25) is 4.79 Å². The van der Waals surface area contributed by atoms with Crippen LogP contribution < -0.4 is 0 Å². The Bertz CT molecular complexity index is 440. The molecule has 3 heteroatoms. The molecule has 0 aromatic heterocycles. The number of thioether (sulfide) groups is 1. The number of amides is 1. The summed E-state index contributed by atoms with van der Waals surface area (Å²) in [7, 11) is 1.98. The topological polar surface area (TPSA) is 20.3 Å². The van der Waals surface area contributed by atoms with Gasteiger partial charge < -0.3 is 4.90 Å². The summed E-state index contributed by atoms with van der Waals surface area (Å²) in [5, 5.41) is 0. The largest absolute Gasteiger partial charge is 0.342 e. The quantitative estimate of drug-likeness (QED) is 0.816. The number of rotatable bonds is 5.